The van der Waals surface area contributed by atoms with E-state index in [9.17, 15) is 9.59 Å². The van der Waals surface area contributed by atoms with Crippen molar-refractivity contribution in [3.8, 4) is 0 Å². The van der Waals surface area contributed by atoms with E-state index in [-0.39, 0.29) is 23.8 Å². The normalized spacial score (nSPS) is 21.6. The van der Waals surface area contributed by atoms with Crippen LogP contribution in [-0.4, -0.2) is 25.2 Å². The van der Waals surface area contributed by atoms with Crippen molar-refractivity contribution in [2.75, 3.05) is 13.2 Å². The van der Waals surface area contributed by atoms with E-state index < -0.39 is 0 Å². The molecule has 0 amide bonds. The van der Waals surface area contributed by atoms with Crippen molar-refractivity contribution in [3.05, 3.63) is 0 Å². The molecule has 0 radical (unpaired) electrons. The molecule has 4 nitrogen and oxygen atoms in total. The fourth-order valence-electron chi connectivity index (χ4n) is 2.89. The van der Waals surface area contributed by atoms with Crippen molar-refractivity contribution in [2.24, 2.45) is 17.8 Å². The van der Waals surface area contributed by atoms with Gasteiger partial charge in [-0.25, -0.2) is 0 Å². The molecule has 1 saturated carbocycles. The van der Waals surface area contributed by atoms with Crippen molar-refractivity contribution < 1.29 is 19.1 Å². The quantitative estimate of drug-likeness (QED) is 0.475. The van der Waals surface area contributed by atoms with E-state index in [0.29, 0.717) is 19.1 Å². The minimum atomic E-state index is -0.304. The van der Waals surface area contributed by atoms with Gasteiger partial charge < -0.3 is 9.47 Å². The van der Waals surface area contributed by atoms with Crippen molar-refractivity contribution >= 4 is 11.9 Å². The molecule has 2 unspecified atom stereocenters. The number of rotatable bonds is 9. The number of esters is 2. The molecule has 0 aliphatic heterocycles. The highest BCUT2D eigenvalue weighted by Crippen LogP contribution is 2.32. The Labute approximate surface area is 134 Å². The van der Waals surface area contributed by atoms with Crippen molar-refractivity contribution in [1.29, 1.82) is 0 Å². The third-order valence-electron chi connectivity index (χ3n) is 4.28. The Morgan fingerprint density at radius 2 is 1.45 bits per heavy atom. The average Bonchev–Trinajstić information content (AvgIpc) is 2.51. The summed E-state index contributed by atoms with van der Waals surface area (Å²) in [6, 6.07) is 0. The van der Waals surface area contributed by atoms with Gasteiger partial charge >= 0.3 is 11.9 Å². The van der Waals surface area contributed by atoms with Gasteiger partial charge in [-0.15, -0.1) is 0 Å². The third-order valence-corrected chi connectivity index (χ3v) is 4.28. The van der Waals surface area contributed by atoms with Gasteiger partial charge in [-0.05, 0) is 38.0 Å². The van der Waals surface area contributed by atoms with Crippen LogP contribution in [0.1, 0.15) is 72.1 Å². The molecule has 1 aliphatic rings. The van der Waals surface area contributed by atoms with Gasteiger partial charge in [0.2, 0.25) is 0 Å². The van der Waals surface area contributed by atoms with Gasteiger partial charge in [0.25, 0.3) is 0 Å². The molecule has 2 atom stereocenters. The lowest BCUT2D eigenvalue weighted by Gasteiger charge is -2.28. The lowest BCUT2D eigenvalue weighted by atomic mass is 9.79. The van der Waals surface area contributed by atoms with Gasteiger partial charge in [0, 0.05) is 0 Å². The van der Waals surface area contributed by atoms with Gasteiger partial charge in [0.05, 0.1) is 25.0 Å². The molecule has 0 saturated heterocycles. The van der Waals surface area contributed by atoms with Gasteiger partial charge in [0.15, 0.2) is 0 Å². The number of unbranched alkanes of at least 4 members (excludes halogenated alkanes) is 1. The van der Waals surface area contributed by atoms with Crippen LogP contribution in [0.5, 0.6) is 0 Å². The van der Waals surface area contributed by atoms with Gasteiger partial charge in [-0.3, -0.25) is 9.59 Å². The highest BCUT2D eigenvalue weighted by Gasteiger charge is 2.37. The van der Waals surface area contributed by atoms with E-state index in [2.05, 4.69) is 20.8 Å². The second-order valence-electron chi connectivity index (χ2n) is 6.72. The zero-order valence-electron chi connectivity index (χ0n) is 14.4. The summed E-state index contributed by atoms with van der Waals surface area (Å²) in [5, 5.41) is 0. The first-order valence-corrected chi connectivity index (χ1v) is 8.89. The molecule has 1 rings (SSSR count). The molecule has 1 aliphatic carbocycles. The molecular weight excluding hydrogens is 280 g/mol. The zero-order chi connectivity index (χ0) is 16.4. The number of hydrogen-bond donors (Lipinski definition) is 0. The summed E-state index contributed by atoms with van der Waals surface area (Å²) < 4.78 is 10.7. The SMILES string of the molecule is CCCCOC(=O)C1CCCCC1C(=O)OCCCC(C)C. The number of carbonyl (C=O) groups excluding carboxylic acids is 2. The van der Waals surface area contributed by atoms with E-state index in [1.54, 1.807) is 0 Å². The Bertz CT molecular complexity index is 338. The molecule has 0 spiro atoms. The van der Waals surface area contributed by atoms with Crippen molar-refractivity contribution in [1.82, 2.24) is 0 Å². The van der Waals surface area contributed by atoms with Crippen LogP contribution in [0, 0.1) is 17.8 Å². The van der Waals surface area contributed by atoms with Gasteiger partial charge in [0.1, 0.15) is 0 Å². The molecule has 0 aromatic heterocycles. The molecule has 1 fully saturated rings. The molecule has 4 heteroatoms. The molecule has 0 aromatic rings. The summed E-state index contributed by atoms with van der Waals surface area (Å²) in [6.07, 6.45) is 7.30. The van der Waals surface area contributed by atoms with E-state index >= 15 is 0 Å². The third kappa shape index (κ3) is 6.80. The van der Waals surface area contributed by atoms with Crippen LogP contribution < -0.4 is 0 Å². The topological polar surface area (TPSA) is 52.6 Å². The Kier molecular flexibility index (Phi) is 9.17. The van der Waals surface area contributed by atoms with Crippen LogP contribution in [0.15, 0.2) is 0 Å². The molecule has 0 heterocycles. The Morgan fingerprint density at radius 1 is 0.955 bits per heavy atom. The summed E-state index contributed by atoms with van der Waals surface area (Å²) in [7, 11) is 0. The highest BCUT2D eigenvalue weighted by molar-refractivity contribution is 5.82. The maximum atomic E-state index is 12.3. The molecule has 22 heavy (non-hydrogen) atoms. The fourth-order valence-corrected chi connectivity index (χ4v) is 2.89. The predicted molar refractivity (Wildman–Crippen MR) is 86.3 cm³/mol. The molecule has 0 aromatic carbocycles. The summed E-state index contributed by atoms with van der Waals surface area (Å²) in [5.41, 5.74) is 0. The number of carbonyl (C=O) groups is 2. The lowest BCUT2D eigenvalue weighted by molar-refractivity contribution is -0.163. The maximum Gasteiger partial charge on any atom is 0.309 e. The van der Waals surface area contributed by atoms with Crippen molar-refractivity contribution in [2.45, 2.75) is 72.1 Å². The number of hydrogen-bond acceptors (Lipinski definition) is 4. The molecular formula is C18H32O4. The molecule has 0 bridgehead atoms. The minimum Gasteiger partial charge on any atom is -0.465 e. The Morgan fingerprint density at radius 3 is 1.91 bits per heavy atom. The van der Waals surface area contributed by atoms with E-state index in [1.807, 2.05) is 0 Å². The fraction of sp³-hybridized carbons (Fsp3) is 0.889. The largest absolute Gasteiger partial charge is 0.465 e. The van der Waals surface area contributed by atoms with Gasteiger partial charge in [-0.2, -0.15) is 0 Å². The van der Waals surface area contributed by atoms with E-state index in [4.69, 9.17) is 9.47 Å². The van der Waals surface area contributed by atoms with Gasteiger partial charge in [-0.1, -0.05) is 40.0 Å². The van der Waals surface area contributed by atoms with E-state index in [1.165, 1.54) is 0 Å². The smallest absolute Gasteiger partial charge is 0.309 e. The van der Waals surface area contributed by atoms with Crippen LogP contribution in [0.3, 0.4) is 0 Å². The maximum absolute atomic E-state index is 12.3. The first-order valence-electron chi connectivity index (χ1n) is 8.89. The van der Waals surface area contributed by atoms with Crippen LogP contribution in [-0.2, 0) is 19.1 Å². The summed E-state index contributed by atoms with van der Waals surface area (Å²) in [5.74, 6) is -0.405. The molecule has 0 N–H and O–H groups in total. The summed E-state index contributed by atoms with van der Waals surface area (Å²) >= 11 is 0. The first-order chi connectivity index (χ1) is 10.6. The summed E-state index contributed by atoms with van der Waals surface area (Å²) in [4.78, 5) is 24.4. The minimum absolute atomic E-state index is 0.208. The second kappa shape index (κ2) is 10.6. The van der Waals surface area contributed by atoms with Crippen molar-refractivity contribution in [3.63, 3.8) is 0 Å². The molecule has 128 valence electrons. The second-order valence-corrected chi connectivity index (χ2v) is 6.72. The van der Waals surface area contributed by atoms with Crippen LogP contribution in [0.25, 0.3) is 0 Å². The van der Waals surface area contributed by atoms with E-state index in [0.717, 1.165) is 51.4 Å². The van der Waals surface area contributed by atoms with Crippen LogP contribution in [0.4, 0.5) is 0 Å². The average molecular weight is 312 g/mol. The Balaban J connectivity index is 2.42. The standard InChI is InChI=1S/C18H32O4/c1-4-5-12-21-17(19)15-10-6-7-11-16(15)18(20)22-13-8-9-14(2)3/h14-16H,4-13H2,1-3H3. The number of ether oxygens (including phenoxy) is 2. The monoisotopic (exact) mass is 312 g/mol. The van der Waals surface area contributed by atoms with Crippen LogP contribution >= 0.6 is 0 Å². The highest BCUT2D eigenvalue weighted by atomic mass is 16.5. The first kappa shape index (κ1) is 19.0. The van der Waals surface area contributed by atoms with Crippen LogP contribution in [0.2, 0.25) is 0 Å². The summed E-state index contributed by atoms with van der Waals surface area (Å²) in [6.45, 7) is 7.30. The zero-order valence-corrected chi connectivity index (χ0v) is 14.4. The Hall–Kier alpha value is -1.06. The lowest BCUT2D eigenvalue weighted by Crippen LogP contribution is -2.35. The predicted octanol–water partition coefficient (Wildman–Crippen LogP) is 4.12.